The van der Waals surface area contributed by atoms with Gasteiger partial charge in [-0.3, -0.25) is 9.59 Å². The molecular formula is C10H8ClNO2S. The summed E-state index contributed by atoms with van der Waals surface area (Å²) in [7, 11) is 0. The zero-order valence-corrected chi connectivity index (χ0v) is 9.33. The van der Waals surface area contributed by atoms with Crippen LogP contribution in [0.1, 0.15) is 6.42 Å². The summed E-state index contributed by atoms with van der Waals surface area (Å²) in [4.78, 5) is 24.3. The predicted octanol–water partition coefficient (Wildman–Crippen LogP) is 1.90. The van der Waals surface area contributed by atoms with Crippen LogP contribution in [-0.4, -0.2) is 17.1 Å². The number of nitrogens with zero attached hydrogens (tertiary/aromatic N) is 1. The van der Waals surface area contributed by atoms with Gasteiger partial charge in [0.15, 0.2) is 0 Å². The zero-order valence-electron chi connectivity index (χ0n) is 7.68. The molecule has 0 aromatic heterocycles. The van der Waals surface area contributed by atoms with Crippen molar-refractivity contribution in [2.45, 2.75) is 11.7 Å². The van der Waals surface area contributed by atoms with Gasteiger partial charge in [0.05, 0.1) is 16.0 Å². The van der Waals surface area contributed by atoms with Gasteiger partial charge >= 0.3 is 0 Å². The van der Waals surface area contributed by atoms with Gasteiger partial charge in [-0.25, -0.2) is 4.90 Å². The lowest BCUT2D eigenvalue weighted by Gasteiger charge is -2.15. The van der Waals surface area contributed by atoms with Crippen molar-refractivity contribution in [1.29, 1.82) is 0 Å². The molecule has 1 heterocycles. The fraction of sp³-hybridized carbons (Fsp3) is 0.200. The summed E-state index contributed by atoms with van der Waals surface area (Å²) in [5, 5.41) is -0.157. The van der Waals surface area contributed by atoms with Gasteiger partial charge in [0, 0.05) is 6.42 Å². The van der Waals surface area contributed by atoms with Crippen molar-refractivity contribution in [3.63, 3.8) is 0 Å². The maximum Gasteiger partial charge on any atom is 0.247 e. The van der Waals surface area contributed by atoms with E-state index in [1.807, 2.05) is 0 Å². The molecule has 78 valence electrons. The minimum absolute atomic E-state index is 0.132. The van der Waals surface area contributed by atoms with Crippen molar-refractivity contribution in [3.05, 3.63) is 29.3 Å². The highest BCUT2D eigenvalue weighted by Crippen LogP contribution is 2.30. The molecule has 0 saturated carbocycles. The molecule has 0 spiro atoms. The van der Waals surface area contributed by atoms with E-state index in [0.29, 0.717) is 10.7 Å². The second kappa shape index (κ2) is 3.87. The first-order valence-electron chi connectivity index (χ1n) is 4.40. The number of hydrogen-bond donors (Lipinski definition) is 1. The number of halogens is 1. The Hall–Kier alpha value is -1.00. The second-order valence-electron chi connectivity index (χ2n) is 3.24. The molecule has 0 aliphatic carbocycles. The number of carbonyl (C=O) groups is 2. The van der Waals surface area contributed by atoms with E-state index < -0.39 is 5.25 Å². The van der Waals surface area contributed by atoms with Crippen molar-refractivity contribution >= 4 is 41.7 Å². The predicted molar refractivity (Wildman–Crippen MR) is 61.3 cm³/mol. The van der Waals surface area contributed by atoms with Crippen molar-refractivity contribution in [2.75, 3.05) is 4.90 Å². The first-order chi connectivity index (χ1) is 7.11. The minimum Gasteiger partial charge on any atom is -0.274 e. The third-order valence-corrected chi connectivity index (χ3v) is 2.94. The lowest BCUT2D eigenvalue weighted by molar-refractivity contribution is -0.121. The Labute approximate surface area is 97.4 Å². The molecule has 5 heteroatoms. The number of anilines is 1. The summed E-state index contributed by atoms with van der Waals surface area (Å²) in [5.41, 5.74) is 0.436. The Bertz CT molecular complexity index is 435. The lowest BCUT2D eigenvalue weighted by Crippen LogP contribution is -2.30. The smallest absolute Gasteiger partial charge is 0.247 e. The summed E-state index contributed by atoms with van der Waals surface area (Å²) >= 11 is 9.95. The Morgan fingerprint density at radius 2 is 2.00 bits per heavy atom. The zero-order chi connectivity index (χ0) is 11.0. The average molecular weight is 242 g/mol. The maximum absolute atomic E-state index is 11.6. The Morgan fingerprint density at radius 3 is 2.53 bits per heavy atom. The van der Waals surface area contributed by atoms with Crippen LogP contribution in [-0.2, 0) is 9.59 Å². The van der Waals surface area contributed by atoms with Crippen LogP contribution in [0.15, 0.2) is 24.3 Å². The summed E-state index contributed by atoms with van der Waals surface area (Å²) < 4.78 is 0. The van der Waals surface area contributed by atoms with E-state index >= 15 is 0 Å². The second-order valence-corrected chi connectivity index (χ2v) is 4.27. The van der Waals surface area contributed by atoms with E-state index in [9.17, 15) is 9.59 Å². The number of carbonyl (C=O) groups excluding carboxylic acids is 2. The molecule has 0 N–H and O–H groups in total. The largest absolute Gasteiger partial charge is 0.274 e. The molecule has 1 aliphatic heterocycles. The Morgan fingerprint density at radius 1 is 1.33 bits per heavy atom. The molecule has 2 amide bonds. The van der Waals surface area contributed by atoms with Crippen LogP contribution in [0.2, 0.25) is 5.02 Å². The molecular weight excluding hydrogens is 234 g/mol. The van der Waals surface area contributed by atoms with Crippen molar-refractivity contribution in [3.8, 4) is 0 Å². The summed E-state index contributed by atoms with van der Waals surface area (Å²) in [6.07, 6.45) is 0.132. The van der Waals surface area contributed by atoms with Gasteiger partial charge in [-0.05, 0) is 12.1 Å². The fourth-order valence-electron chi connectivity index (χ4n) is 1.50. The topological polar surface area (TPSA) is 37.4 Å². The molecule has 1 saturated heterocycles. The summed E-state index contributed by atoms with van der Waals surface area (Å²) in [6, 6.07) is 6.76. The highest BCUT2D eigenvalue weighted by Gasteiger charge is 2.38. The normalized spacial score (nSPS) is 21.2. The van der Waals surface area contributed by atoms with Gasteiger partial charge in [0.2, 0.25) is 11.8 Å². The van der Waals surface area contributed by atoms with Gasteiger partial charge in [0.1, 0.15) is 0 Å². The van der Waals surface area contributed by atoms with E-state index in [1.165, 1.54) is 0 Å². The Kier molecular flexibility index (Phi) is 2.71. The molecule has 1 aromatic carbocycles. The number of thiol groups is 1. The van der Waals surface area contributed by atoms with Gasteiger partial charge < -0.3 is 0 Å². The van der Waals surface area contributed by atoms with Crippen LogP contribution in [0.4, 0.5) is 5.69 Å². The SMILES string of the molecule is O=C1CC(S)C(=O)N1c1ccccc1Cl. The molecule has 0 bridgehead atoms. The molecule has 1 aromatic rings. The first-order valence-corrected chi connectivity index (χ1v) is 5.30. The molecule has 15 heavy (non-hydrogen) atoms. The van der Waals surface area contributed by atoms with E-state index in [2.05, 4.69) is 12.6 Å². The van der Waals surface area contributed by atoms with Crippen LogP contribution in [0, 0.1) is 0 Å². The highest BCUT2D eigenvalue weighted by atomic mass is 35.5. The van der Waals surface area contributed by atoms with Gasteiger partial charge in [0.25, 0.3) is 0 Å². The van der Waals surface area contributed by atoms with Crippen LogP contribution in [0.3, 0.4) is 0 Å². The Balaban J connectivity index is 2.44. The molecule has 3 nitrogen and oxygen atoms in total. The molecule has 0 radical (unpaired) electrons. The van der Waals surface area contributed by atoms with Crippen molar-refractivity contribution in [1.82, 2.24) is 0 Å². The third kappa shape index (κ3) is 1.75. The minimum atomic E-state index is -0.547. The molecule has 1 aliphatic rings. The quantitative estimate of drug-likeness (QED) is 0.602. The number of hydrogen-bond acceptors (Lipinski definition) is 3. The average Bonchev–Trinajstić information content (AvgIpc) is 2.43. The third-order valence-electron chi connectivity index (χ3n) is 2.22. The molecule has 1 atom stereocenters. The van der Waals surface area contributed by atoms with Crippen molar-refractivity contribution < 1.29 is 9.59 Å². The fourth-order valence-corrected chi connectivity index (χ4v) is 1.99. The van der Waals surface area contributed by atoms with Crippen molar-refractivity contribution in [2.24, 2.45) is 0 Å². The van der Waals surface area contributed by atoms with Gasteiger partial charge in [-0.1, -0.05) is 23.7 Å². The lowest BCUT2D eigenvalue weighted by atomic mass is 10.3. The number of amides is 2. The van der Waals surface area contributed by atoms with E-state index in [1.54, 1.807) is 24.3 Å². The van der Waals surface area contributed by atoms with Crippen LogP contribution >= 0.6 is 24.2 Å². The summed E-state index contributed by atoms with van der Waals surface area (Å²) in [5.74, 6) is -0.565. The van der Waals surface area contributed by atoms with Gasteiger partial charge in [-0.15, -0.1) is 0 Å². The first kappa shape index (κ1) is 10.5. The number of benzene rings is 1. The highest BCUT2D eigenvalue weighted by molar-refractivity contribution is 7.82. The van der Waals surface area contributed by atoms with Crippen LogP contribution in [0.25, 0.3) is 0 Å². The van der Waals surface area contributed by atoms with E-state index in [-0.39, 0.29) is 18.2 Å². The number of imide groups is 1. The monoisotopic (exact) mass is 241 g/mol. The molecule has 2 rings (SSSR count). The standard InChI is InChI=1S/C10H8ClNO2S/c11-6-3-1-2-4-7(6)12-9(13)5-8(15)10(12)14/h1-4,8,15H,5H2. The number of para-hydroxylation sites is 1. The van der Waals surface area contributed by atoms with Crippen LogP contribution < -0.4 is 4.90 Å². The van der Waals surface area contributed by atoms with Crippen LogP contribution in [0.5, 0.6) is 0 Å². The summed E-state index contributed by atoms with van der Waals surface area (Å²) in [6.45, 7) is 0. The molecule has 1 unspecified atom stereocenters. The molecule has 1 fully saturated rings. The van der Waals surface area contributed by atoms with E-state index in [4.69, 9.17) is 11.6 Å². The maximum atomic E-state index is 11.6. The number of rotatable bonds is 1. The van der Waals surface area contributed by atoms with E-state index in [0.717, 1.165) is 4.90 Å². The van der Waals surface area contributed by atoms with Gasteiger partial charge in [-0.2, -0.15) is 12.6 Å².